The van der Waals surface area contributed by atoms with Crippen molar-refractivity contribution in [3.05, 3.63) is 12.2 Å². The fourth-order valence-corrected chi connectivity index (χ4v) is 12.5. The summed E-state index contributed by atoms with van der Waals surface area (Å²) in [4.78, 5) is 25.7. The minimum Gasteiger partial charge on any atom is -0.756 e. The number of likely N-dealkylation sites (N-methyl/N-ethyl adjacent to an activating group) is 1. The lowest BCUT2D eigenvalue weighted by Crippen LogP contribution is -2.46. The van der Waals surface area contributed by atoms with Gasteiger partial charge in [0, 0.05) is 6.42 Å². The van der Waals surface area contributed by atoms with Gasteiger partial charge in [0.15, 0.2) is 0 Å². The predicted molar refractivity (Wildman–Crippen MR) is 358 cm³/mol. The maximum absolute atomic E-state index is 13.1. The second-order valence-electron chi connectivity index (χ2n) is 27.0. The predicted octanol–water partition coefficient (Wildman–Crippen LogP) is 23.0. The SMILES string of the molecule is CCCCCCCCCCCCCCCC/C=C\CCCCCCCCCCCCCCCCCCCC(=O)NC(COP(=O)([O-])OCC[N+](C)(C)C)C(O)CCCCCCCCCCCCCCCCCCCCCCCCCCC. The molecule has 490 valence electrons. The first-order chi connectivity index (χ1) is 40.0. The zero-order valence-corrected chi connectivity index (χ0v) is 57.1. The standard InChI is InChI=1S/C73H147N2O6P/c1-6-8-10-12-14-16-18-20-22-24-26-28-30-32-33-34-35-36-37-38-39-40-41-43-45-47-49-51-53-55-57-59-61-63-65-67-73(77)74-71(70-81-82(78,79)80-69-68-75(3,4)5)72(76)66-64-62-60-58-56-54-52-50-48-46-44-42-31-29-27-25-23-21-19-17-15-13-11-9-7-2/h34-35,71-72,76H,6-33,36-70H2,1-5H3,(H-,74,77,78,79)/b35-34-. The Kier molecular flexibility index (Phi) is 64.1. The Morgan fingerprint density at radius 1 is 0.415 bits per heavy atom. The first kappa shape index (κ1) is 81.2. The van der Waals surface area contributed by atoms with Crippen molar-refractivity contribution in [3.63, 3.8) is 0 Å². The number of hydrogen-bond donors (Lipinski definition) is 2. The van der Waals surface area contributed by atoms with Crippen LogP contribution in [0.15, 0.2) is 12.2 Å². The third-order valence-electron chi connectivity index (χ3n) is 17.5. The molecule has 82 heavy (non-hydrogen) atoms. The fourth-order valence-electron chi connectivity index (χ4n) is 11.7. The van der Waals surface area contributed by atoms with Crippen molar-refractivity contribution < 1.29 is 32.9 Å². The monoisotopic (exact) mass is 1180 g/mol. The van der Waals surface area contributed by atoms with Gasteiger partial charge in [-0.15, -0.1) is 0 Å². The summed E-state index contributed by atoms with van der Waals surface area (Å²) in [6, 6.07) is -0.799. The van der Waals surface area contributed by atoms with Crippen molar-refractivity contribution >= 4 is 13.7 Å². The van der Waals surface area contributed by atoms with E-state index in [9.17, 15) is 19.4 Å². The Labute approximate surface area is 513 Å². The van der Waals surface area contributed by atoms with Crippen LogP contribution in [0.4, 0.5) is 0 Å². The highest BCUT2D eigenvalue weighted by Crippen LogP contribution is 2.38. The van der Waals surface area contributed by atoms with Crippen molar-refractivity contribution in [2.75, 3.05) is 40.9 Å². The molecule has 0 aromatic rings. The van der Waals surface area contributed by atoms with Gasteiger partial charge in [-0.2, -0.15) is 0 Å². The Balaban J connectivity index is 3.94. The number of carbonyl (C=O) groups is 1. The topological polar surface area (TPSA) is 108 Å². The molecule has 0 heterocycles. The van der Waals surface area contributed by atoms with E-state index >= 15 is 0 Å². The van der Waals surface area contributed by atoms with E-state index in [-0.39, 0.29) is 19.1 Å². The average Bonchev–Trinajstić information content (AvgIpc) is 3.45. The zero-order valence-electron chi connectivity index (χ0n) is 56.2. The van der Waals surface area contributed by atoms with Crippen LogP contribution in [0.2, 0.25) is 0 Å². The first-order valence-electron chi connectivity index (χ1n) is 37.0. The normalized spacial score (nSPS) is 13.6. The number of hydrogen-bond acceptors (Lipinski definition) is 6. The van der Waals surface area contributed by atoms with Gasteiger partial charge in [0.25, 0.3) is 7.82 Å². The van der Waals surface area contributed by atoms with Gasteiger partial charge in [-0.05, 0) is 38.5 Å². The van der Waals surface area contributed by atoms with Crippen molar-refractivity contribution in [2.45, 2.75) is 411 Å². The van der Waals surface area contributed by atoms with Gasteiger partial charge < -0.3 is 28.8 Å². The Hall–Kier alpha value is -0.760. The molecule has 0 saturated carbocycles. The van der Waals surface area contributed by atoms with E-state index in [1.54, 1.807) is 0 Å². The summed E-state index contributed by atoms with van der Waals surface area (Å²) >= 11 is 0. The van der Waals surface area contributed by atoms with Crippen LogP contribution < -0.4 is 10.2 Å². The van der Waals surface area contributed by atoms with E-state index in [4.69, 9.17) is 9.05 Å². The lowest BCUT2D eigenvalue weighted by atomic mass is 10.0. The van der Waals surface area contributed by atoms with Crippen molar-refractivity contribution in [1.29, 1.82) is 0 Å². The highest BCUT2D eigenvalue weighted by atomic mass is 31.2. The molecule has 0 aliphatic rings. The van der Waals surface area contributed by atoms with E-state index in [1.165, 1.54) is 334 Å². The summed E-state index contributed by atoms with van der Waals surface area (Å²) in [7, 11) is 1.33. The molecule has 2 N–H and O–H groups in total. The summed E-state index contributed by atoms with van der Waals surface area (Å²) < 4.78 is 23.6. The van der Waals surface area contributed by atoms with Gasteiger partial charge in [0.1, 0.15) is 13.2 Å². The molecule has 0 radical (unpaired) electrons. The summed E-state index contributed by atoms with van der Waals surface area (Å²) in [5.41, 5.74) is 0. The summed E-state index contributed by atoms with van der Waals surface area (Å²) in [6.45, 7) is 4.80. The van der Waals surface area contributed by atoms with Gasteiger partial charge in [-0.3, -0.25) is 9.36 Å². The number of phosphoric acid groups is 1. The lowest BCUT2D eigenvalue weighted by Gasteiger charge is -2.30. The molecule has 9 heteroatoms. The first-order valence-corrected chi connectivity index (χ1v) is 38.5. The van der Waals surface area contributed by atoms with Crippen LogP contribution in [0.3, 0.4) is 0 Å². The van der Waals surface area contributed by atoms with Gasteiger partial charge >= 0.3 is 0 Å². The van der Waals surface area contributed by atoms with Gasteiger partial charge in [-0.25, -0.2) is 0 Å². The summed E-state index contributed by atoms with van der Waals surface area (Å²) in [6.07, 6.45) is 83.1. The molecule has 0 aromatic carbocycles. The Morgan fingerprint density at radius 2 is 0.671 bits per heavy atom. The molecule has 0 spiro atoms. The van der Waals surface area contributed by atoms with Gasteiger partial charge in [-0.1, -0.05) is 366 Å². The maximum atomic E-state index is 13.1. The molecule has 0 fully saturated rings. The number of amides is 1. The second kappa shape index (κ2) is 64.7. The van der Waals surface area contributed by atoms with Gasteiger partial charge in [0.2, 0.25) is 5.91 Å². The molecular formula is C73H147N2O6P. The molecule has 3 unspecified atom stereocenters. The van der Waals surface area contributed by atoms with Crippen LogP contribution in [-0.4, -0.2) is 68.5 Å². The molecule has 0 bridgehead atoms. The average molecular weight is 1180 g/mol. The Morgan fingerprint density at radius 3 is 0.951 bits per heavy atom. The van der Waals surface area contributed by atoms with Crippen LogP contribution in [0.25, 0.3) is 0 Å². The Bertz CT molecular complexity index is 1340. The number of aliphatic hydroxyl groups excluding tert-OH is 1. The molecule has 1 amide bonds. The highest BCUT2D eigenvalue weighted by molar-refractivity contribution is 7.45. The van der Waals surface area contributed by atoms with Crippen molar-refractivity contribution in [3.8, 4) is 0 Å². The molecule has 0 aromatic heterocycles. The fraction of sp³-hybridized carbons (Fsp3) is 0.959. The molecular weight excluding hydrogens is 1030 g/mol. The van der Waals surface area contributed by atoms with Crippen LogP contribution in [0.5, 0.6) is 0 Å². The third kappa shape index (κ3) is 66.8. The number of unbranched alkanes of at least 4 members (excludes halogenated alkanes) is 55. The minimum absolute atomic E-state index is 0.0158. The molecule has 0 aliphatic carbocycles. The van der Waals surface area contributed by atoms with E-state index in [2.05, 4.69) is 31.3 Å². The molecule has 0 saturated heterocycles. The maximum Gasteiger partial charge on any atom is 0.268 e. The third-order valence-corrected chi connectivity index (χ3v) is 18.5. The van der Waals surface area contributed by atoms with E-state index in [0.29, 0.717) is 23.9 Å². The highest BCUT2D eigenvalue weighted by Gasteiger charge is 2.24. The number of allylic oxidation sites excluding steroid dienone is 2. The lowest BCUT2D eigenvalue weighted by molar-refractivity contribution is -0.870. The minimum atomic E-state index is -4.58. The van der Waals surface area contributed by atoms with Crippen molar-refractivity contribution in [2.24, 2.45) is 0 Å². The smallest absolute Gasteiger partial charge is 0.268 e. The molecule has 0 rings (SSSR count). The number of rotatable bonds is 70. The molecule has 8 nitrogen and oxygen atoms in total. The quantitative estimate of drug-likeness (QED) is 0.0272. The number of aliphatic hydroxyl groups is 1. The largest absolute Gasteiger partial charge is 0.756 e. The van der Waals surface area contributed by atoms with Crippen LogP contribution in [-0.2, 0) is 18.4 Å². The number of phosphoric ester groups is 1. The van der Waals surface area contributed by atoms with Crippen LogP contribution in [0, 0.1) is 0 Å². The molecule has 0 aliphatic heterocycles. The van der Waals surface area contributed by atoms with Crippen LogP contribution >= 0.6 is 7.82 Å². The second-order valence-corrected chi connectivity index (χ2v) is 28.4. The summed E-state index contributed by atoms with van der Waals surface area (Å²) in [5, 5.41) is 14.1. The summed E-state index contributed by atoms with van der Waals surface area (Å²) in [5.74, 6) is -0.155. The van der Waals surface area contributed by atoms with Crippen LogP contribution in [0.1, 0.15) is 399 Å². The molecule has 3 atom stereocenters. The van der Waals surface area contributed by atoms with E-state index in [1.807, 2.05) is 21.1 Å². The van der Waals surface area contributed by atoms with E-state index in [0.717, 1.165) is 38.5 Å². The van der Waals surface area contributed by atoms with Crippen molar-refractivity contribution in [1.82, 2.24) is 5.32 Å². The zero-order chi connectivity index (χ0) is 59.8. The van der Waals surface area contributed by atoms with E-state index < -0.39 is 20.0 Å². The number of nitrogens with one attached hydrogen (secondary N) is 1. The number of nitrogens with zero attached hydrogens (tertiary/aromatic N) is 1. The van der Waals surface area contributed by atoms with Gasteiger partial charge in [0.05, 0.1) is 39.9 Å². The number of carbonyl (C=O) groups excluding carboxylic acids is 1. The number of quaternary nitrogens is 1.